The molecule has 6 nitrogen and oxygen atoms in total. The maximum atomic E-state index is 12.9. The Morgan fingerprint density at radius 2 is 1.61 bits per heavy atom. The second-order valence-electron chi connectivity index (χ2n) is 9.56. The van der Waals surface area contributed by atoms with Crippen molar-refractivity contribution in [3.8, 4) is 0 Å². The van der Waals surface area contributed by atoms with Gasteiger partial charge in [0.2, 0.25) is 0 Å². The number of nitrogens with zero attached hydrogens (tertiary/aromatic N) is 1. The molecule has 1 aliphatic rings. The topological polar surface area (TPSA) is 67.9 Å². The molecule has 6 heteroatoms. The summed E-state index contributed by atoms with van der Waals surface area (Å²) in [6, 6.07) is -0.248. The van der Waals surface area contributed by atoms with Gasteiger partial charge in [0.25, 0.3) is 0 Å². The molecule has 162 valence electrons. The average Bonchev–Trinajstić information content (AvgIpc) is 3.01. The molecule has 1 aliphatic carbocycles. The molecule has 0 saturated heterocycles. The summed E-state index contributed by atoms with van der Waals surface area (Å²) in [4.78, 5) is 25.3. The quantitative estimate of drug-likeness (QED) is 0.334. The van der Waals surface area contributed by atoms with Crippen molar-refractivity contribution in [1.82, 2.24) is 10.4 Å². The molecule has 2 amide bonds. The fraction of sp³-hybridized carbons (Fsp3) is 0.818. The largest absolute Gasteiger partial charge is 0.443 e. The first-order chi connectivity index (χ1) is 12.9. The van der Waals surface area contributed by atoms with Crippen molar-refractivity contribution in [1.29, 1.82) is 0 Å². The number of carbonyl (C=O) groups is 2. The van der Waals surface area contributed by atoms with E-state index in [1.165, 1.54) is 23.4 Å². The fourth-order valence-electron chi connectivity index (χ4n) is 3.13. The molecule has 1 fully saturated rings. The van der Waals surface area contributed by atoms with E-state index >= 15 is 0 Å². The molecule has 0 bridgehead atoms. The summed E-state index contributed by atoms with van der Waals surface area (Å²) in [5.74, 6) is 0. The molecular weight excluding hydrogens is 356 g/mol. The maximum Gasteiger partial charge on any atom is 0.429 e. The lowest BCUT2D eigenvalue weighted by molar-refractivity contribution is -0.00591. The fourth-order valence-corrected chi connectivity index (χ4v) is 3.13. The van der Waals surface area contributed by atoms with Gasteiger partial charge in [-0.1, -0.05) is 37.8 Å². The lowest BCUT2D eigenvalue weighted by atomic mass is 10.0. The van der Waals surface area contributed by atoms with Crippen LogP contribution in [0.25, 0.3) is 0 Å². The standard InChI is InChI=1S/C22H40N2O4/c1-8-9-10-15-18(16-17-13-11-12-14-17)24(20(26)28-22(5,6)7)23-19(25)27-21(2,3)4/h16,18H,8-15H2,1-7H3,(H,23,25). The molecule has 1 N–H and O–H groups in total. The summed E-state index contributed by atoms with van der Waals surface area (Å²) >= 11 is 0. The molecule has 0 aromatic heterocycles. The lowest BCUT2D eigenvalue weighted by Crippen LogP contribution is -2.54. The van der Waals surface area contributed by atoms with Gasteiger partial charge in [-0.05, 0) is 73.6 Å². The van der Waals surface area contributed by atoms with Crippen molar-refractivity contribution in [2.75, 3.05) is 0 Å². The Hall–Kier alpha value is -1.72. The van der Waals surface area contributed by atoms with Gasteiger partial charge < -0.3 is 9.47 Å². The minimum Gasteiger partial charge on any atom is -0.443 e. The molecule has 28 heavy (non-hydrogen) atoms. The molecule has 1 unspecified atom stereocenters. The van der Waals surface area contributed by atoms with Gasteiger partial charge in [0.05, 0.1) is 6.04 Å². The Bertz CT molecular complexity index is 536. The number of hydrazine groups is 1. The van der Waals surface area contributed by atoms with Crippen molar-refractivity contribution in [3.63, 3.8) is 0 Å². The highest BCUT2D eigenvalue weighted by atomic mass is 16.6. The van der Waals surface area contributed by atoms with E-state index in [9.17, 15) is 9.59 Å². The number of allylic oxidation sites excluding steroid dienone is 1. The Kier molecular flexibility index (Phi) is 9.31. The minimum atomic E-state index is -0.653. The average molecular weight is 397 g/mol. The molecule has 0 radical (unpaired) electrons. The van der Waals surface area contributed by atoms with Gasteiger partial charge in [-0.15, -0.1) is 0 Å². The first-order valence-electron chi connectivity index (χ1n) is 10.6. The van der Waals surface area contributed by atoms with Crippen molar-refractivity contribution < 1.29 is 19.1 Å². The molecular formula is C22H40N2O4. The SMILES string of the molecule is CCCCCC(C=C1CCCC1)N(NC(=O)OC(C)(C)C)C(=O)OC(C)(C)C. The second-order valence-corrected chi connectivity index (χ2v) is 9.56. The van der Waals surface area contributed by atoms with Crippen LogP contribution in [0.1, 0.15) is 99.8 Å². The van der Waals surface area contributed by atoms with Gasteiger partial charge in [0, 0.05) is 0 Å². The summed E-state index contributed by atoms with van der Waals surface area (Å²) < 4.78 is 10.9. The summed E-state index contributed by atoms with van der Waals surface area (Å²) in [5, 5.41) is 1.32. The van der Waals surface area contributed by atoms with Gasteiger partial charge >= 0.3 is 12.2 Å². The van der Waals surface area contributed by atoms with Crippen molar-refractivity contribution in [2.24, 2.45) is 0 Å². The third-order valence-electron chi connectivity index (χ3n) is 4.31. The van der Waals surface area contributed by atoms with Crippen LogP contribution < -0.4 is 5.43 Å². The summed E-state index contributed by atoms with van der Waals surface area (Å²) in [6.45, 7) is 13.0. The third kappa shape index (κ3) is 10.00. The highest BCUT2D eigenvalue weighted by molar-refractivity contribution is 5.75. The van der Waals surface area contributed by atoms with E-state index in [4.69, 9.17) is 9.47 Å². The Labute approximate surface area is 171 Å². The number of rotatable bonds is 6. The molecule has 0 aromatic carbocycles. The van der Waals surface area contributed by atoms with Crippen LogP contribution in [0.2, 0.25) is 0 Å². The Morgan fingerprint density at radius 1 is 1.04 bits per heavy atom. The number of amides is 2. The number of nitrogens with one attached hydrogen (secondary N) is 1. The van der Waals surface area contributed by atoms with Crippen LogP contribution in [-0.4, -0.2) is 34.4 Å². The first kappa shape index (κ1) is 24.3. The summed E-state index contributed by atoms with van der Waals surface area (Å²) in [5.41, 5.74) is 2.70. The van der Waals surface area contributed by atoms with Gasteiger partial charge in [0.1, 0.15) is 11.2 Å². The van der Waals surface area contributed by atoms with Crippen molar-refractivity contribution in [3.05, 3.63) is 11.6 Å². The molecule has 0 aromatic rings. The van der Waals surface area contributed by atoms with Crippen LogP contribution in [0, 0.1) is 0 Å². The van der Waals surface area contributed by atoms with Crippen LogP contribution in [-0.2, 0) is 9.47 Å². The Morgan fingerprint density at radius 3 is 2.11 bits per heavy atom. The van der Waals surface area contributed by atoms with Crippen molar-refractivity contribution >= 4 is 12.2 Å². The monoisotopic (exact) mass is 396 g/mol. The molecule has 0 spiro atoms. The number of ether oxygens (including phenoxy) is 2. The maximum absolute atomic E-state index is 12.9. The van der Waals surface area contributed by atoms with Crippen molar-refractivity contribution in [2.45, 2.75) is 117 Å². The van der Waals surface area contributed by atoms with Gasteiger partial charge in [0.15, 0.2) is 0 Å². The number of carbonyl (C=O) groups excluding carboxylic acids is 2. The van der Waals surface area contributed by atoms with Crippen LogP contribution in [0.3, 0.4) is 0 Å². The normalized spacial score (nSPS) is 15.8. The van der Waals surface area contributed by atoms with Crippen LogP contribution in [0.5, 0.6) is 0 Å². The molecule has 0 aliphatic heterocycles. The number of unbranched alkanes of at least 4 members (excludes halogenated alkanes) is 2. The Balaban J connectivity index is 3.07. The third-order valence-corrected chi connectivity index (χ3v) is 4.31. The zero-order chi connectivity index (χ0) is 21.4. The van der Waals surface area contributed by atoms with E-state index in [1.807, 2.05) is 20.8 Å². The van der Waals surface area contributed by atoms with E-state index in [1.54, 1.807) is 20.8 Å². The van der Waals surface area contributed by atoms with Crippen LogP contribution in [0.4, 0.5) is 9.59 Å². The van der Waals surface area contributed by atoms with Gasteiger partial charge in [-0.25, -0.2) is 20.0 Å². The zero-order valence-corrected chi connectivity index (χ0v) is 18.9. The van der Waals surface area contributed by atoms with Crippen LogP contribution in [0.15, 0.2) is 11.6 Å². The first-order valence-corrected chi connectivity index (χ1v) is 10.6. The van der Waals surface area contributed by atoms with E-state index in [0.717, 1.165) is 38.5 Å². The van der Waals surface area contributed by atoms with E-state index in [2.05, 4.69) is 18.4 Å². The van der Waals surface area contributed by atoms with Crippen LogP contribution >= 0.6 is 0 Å². The zero-order valence-electron chi connectivity index (χ0n) is 18.9. The lowest BCUT2D eigenvalue weighted by Gasteiger charge is -2.33. The van der Waals surface area contributed by atoms with E-state index < -0.39 is 23.4 Å². The van der Waals surface area contributed by atoms with Gasteiger partial charge in [-0.3, -0.25) is 0 Å². The highest BCUT2D eigenvalue weighted by Crippen LogP contribution is 2.26. The number of hydrogen-bond acceptors (Lipinski definition) is 4. The summed E-state index contributed by atoms with van der Waals surface area (Å²) in [7, 11) is 0. The predicted molar refractivity (Wildman–Crippen MR) is 112 cm³/mol. The minimum absolute atomic E-state index is 0.248. The van der Waals surface area contributed by atoms with Gasteiger partial charge in [-0.2, -0.15) is 0 Å². The molecule has 1 saturated carbocycles. The second kappa shape index (κ2) is 10.7. The number of hydrogen-bond donors (Lipinski definition) is 1. The predicted octanol–water partition coefficient (Wildman–Crippen LogP) is 6.11. The van der Waals surface area contributed by atoms with E-state index in [0.29, 0.717) is 0 Å². The molecule has 1 rings (SSSR count). The summed E-state index contributed by atoms with van der Waals surface area (Å²) in [6.07, 6.45) is 9.31. The molecule has 1 atom stereocenters. The van der Waals surface area contributed by atoms with E-state index in [-0.39, 0.29) is 6.04 Å². The highest BCUT2D eigenvalue weighted by Gasteiger charge is 2.31. The smallest absolute Gasteiger partial charge is 0.429 e. The molecule has 0 heterocycles.